The fourth-order valence-electron chi connectivity index (χ4n) is 3.81. The molecule has 3 rings (SSSR count). The van der Waals surface area contributed by atoms with E-state index < -0.39 is 6.09 Å². The molecule has 0 spiro atoms. The molecule has 1 aliphatic heterocycles. The molecule has 7 nitrogen and oxygen atoms in total. The zero-order chi connectivity index (χ0) is 25.8. The third-order valence-electron chi connectivity index (χ3n) is 5.74. The number of hydrogen-bond acceptors (Lipinski definition) is 6. The second kappa shape index (κ2) is 13.8. The Morgan fingerprint density at radius 2 is 1.75 bits per heavy atom. The lowest BCUT2D eigenvalue weighted by atomic mass is 10.0. The van der Waals surface area contributed by atoms with Crippen LogP contribution in [0.2, 0.25) is 0 Å². The molecule has 7 heteroatoms. The van der Waals surface area contributed by atoms with E-state index in [9.17, 15) is 9.59 Å². The minimum absolute atomic E-state index is 0.163. The Morgan fingerprint density at radius 3 is 2.42 bits per heavy atom. The van der Waals surface area contributed by atoms with E-state index in [1.807, 2.05) is 79.9 Å². The molecular formula is C29H35N3O4. The quantitative estimate of drug-likeness (QED) is 0.339. The molecule has 0 aromatic heterocycles. The van der Waals surface area contributed by atoms with E-state index >= 15 is 0 Å². The summed E-state index contributed by atoms with van der Waals surface area (Å²) in [6.07, 6.45) is 7.48. The molecule has 0 saturated carbocycles. The van der Waals surface area contributed by atoms with Gasteiger partial charge in [0.1, 0.15) is 6.61 Å². The van der Waals surface area contributed by atoms with Gasteiger partial charge in [-0.3, -0.25) is 9.69 Å². The van der Waals surface area contributed by atoms with Crippen molar-refractivity contribution in [3.05, 3.63) is 101 Å². The molecule has 0 fully saturated rings. The predicted octanol–water partition coefficient (Wildman–Crippen LogP) is 5.04. The van der Waals surface area contributed by atoms with Crippen molar-refractivity contribution in [1.29, 1.82) is 0 Å². The largest absolute Gasteiger partial charge is 0.466 e. The van der Waals surface area contributed by atoms with E-state index in [4.69, 9.17) is 15.2 Å². The molecule has 0 bridgehead atoms. The minimum atomic E-state index is -0.462. The second-order valence-electron chi connectivity index (χ2n) is 8.62. The van der Waals surface area contributed by atoms with Gasteiger partial charge in [-0.25, -0.2) is 4.79 Å². The molecule has 0 saturated heterocycles. The zero-order valence-corrected chi connectivity index (χ0v) is 21.0. The average Bonchev–Trinajstić information content (AvgIpc) is 2.90. The Kier molecular flexibility index (Phi) is 10.2. The molecule has 36 heavy (non-hydrogen) atoms. The number of ether oxygens (including phenoxy) is 2. The van der Waals surface area contributed by atoms with Crippen molar-refractivity contribution in [1.82, 2.24) is 10.2 Å². The fourth-order valence-corrected chi connectivity index (χ4v) is 3.81. The molecule has 190 valence electrons. The van der Waals surface area contributed by atoms with Crippen LogP contribution in [0.1, 0.15) is 42.9 Å². The number of carbonyl (C=O) groups excluding carboxylic acids is 2. The summed E-state index contributed by atoms with van der Waals surface area (Å²) in [5.41, 5.74) is 11.5. The number of nitrogens with zero attached hydrogens (tertiary/aromatic N) is 1. The summed E-state index contributed by atoms with van der Waals surface area (Å²) in [6, 6.07) is 17.5. The molecule has 2 aromatic rings. The van der Waals surface area contributed by atoms with Crippen LogP contribution in [0.25, 0.3) is 5.70 Å². The number of rotatable bonds is 11. The van der Waals surface area contributed by atoms with Crippen molar-refractivity contribution >= 4 is 17.8 Å². The first kappa shape index (κ1) is 26.6. The van der Waals surface area contributed by atoms with E-state index in [2.05, 4.69) is 5.32 Å². The molecule has 0 aliphatic carbocycles. The lowest BCUT2D eigenvalue weighted by molar-refractivity contribution is -0.141. The summed E-state index contributed by atoms with van der Waals surface area (Å²) >= 11 is 0. The lowest BCUT2D eigenvalue weighted by Gasteiger charge is -2.28. The monoisotopic (exact) mass is 489 g/mol. The van der Waals surface area contributed by atoms with Crippen LogP contribution in [0.3, 0.4) is 0 Å². The Hall–Kier alpha value is -4.00. The number of carbonyl (C=O) groups is 2. The third kappa shape index (κ3) is 8.05. The Balaban J connectivity index is 1.89. The van der Waals surface area contributed by atoms with Crippen molar-refractivity contribution in [3.8, 4) is 0 Å². The number of benzene rings is 2. The number of aryl methyl sites for hydroxylation is 1. The number of amides is 1. The molecule has 3 N–H and O–H groups in total. The predicted molar refractivity (Wildman–Crippen MR) is 141 cm³/mol. The molecule has 1 aliphatic rings. The maximum Gasteiger partial charge on any atom is 0.414 e. The highest BCUT2D eigenvalue weighted by atomic mass is 16.6. The first-order valence-corrected chi connectivity index (χ1v) is 12.2. The van der Waals surface area contributed by atoms with E-state index in [-0.39, 0.29) is 12.6 Å². The Morgan fingerprint density at radius 1 is 1.00 bits per heavy atom. The summed E-state index contributed by atoms with van der Waals surface area (Å²) < 4.78 is 10.8. The summed E-state index contributed by atoms with van der Waals surface area (Å²) in [4.78, 5) is 26.2. The topological polar surface area (TPSA) is 93.9 Å². The van der Waals surface area contributed by atoms with Gasteiger partial charge in [0.05, 0.1) is 18.0 Å². The van der Waals surface area contributed by atoms with E-state index in [0.717, 1.165) is 28.7 Å². The van der Waals surface area contributed by atoms with Gasteiger partial charge in [0.2, 0.25) is 0 Å². The summed E-state index contributed by atoms with van der Waals surface area (Å²) in [6.45, 7) is 5.01. The normalized spacial score (nSPS) is 13.2. The van der Waals surface area contributed by atoms with Crippen molar-refractivity contribution in [2.45, 2.75) is 39.7 Å². The number of allylic oxidation sites excluding steroid dienone is 1. The Labute approximate surface area is 213 Å². The van der Waals surface area contributed by atoms with Crippen LogP contribution >= 0.6 is 0 Å². The molecule has 0 unspecified atom stereocenters. The standard InChI is InChI=1S/C29H35N3O4/c1-22-11-13-26(14-12-22)28(27(30)25-15-17-31-18-16-25)32(19-7-4-8-20-35-23(2)33)29(34)36-21-24-9-5-3-6-10-24/h3,5-6,9-17,31H,4,7-8,18-21,30H2,1-2H3/b28-27-. The second-order valence-corrected chi connectivity index (χ2v) is 8.62. The van der Waals surface area contributed by atoms with Crippen molar-refractivity contribution in [2.75, 3.05) is 19.7 Å². The van der Waals surface area contributed by atoms with Crippen LogP contribution in [0.5, 0.6) is 0 Å². The van der Waals surface area contributed by atoms with Crippen molar-refractivity contribution in [2.24, 2.45) is 5.73 Å². The number of nitrogens with one attached hydrogen (secondary N) is 1. The van der Waals surface area contributed by atoms with Gasteiger partial charge in [-0.1, -0.05) is 66.2 Å². The number of dihydropyridines is 1. The summed E-state index contributed by atoms with van der Waals surface area (Å²) in [7, 11) is 0. The third-order valence-corrected chi connectivity index (χ3v) is 5.74. The van der Waals surface area contributed by atoms with Crippen LogP contribution in [-0.2, 0) is 20.9 Å². The maximum absolute atomic E-state index is 13.5. The number of hydrogen-bond donors (Lipinski definition) is 2. The van der Waals surface area contributed by atoms with Crippen molar-refractivity contribution in [3.63, 3.8) is 0 Å². The summed E-state index contributed by atoms with van der Waals surface area (Å²) in [5, 5.41) is 3.13. The zero-order valence-electron chi connectivity index (χ0n) is 21.0. The molecule has 1 heterocycles. The van der Waals surface area contributed by atoms with Crippen LogP contribution < -0.4 is 11.1 Å². The van der Waals surface area contributed by atoms with Gasteiger partial charge in [-0.15, -0.1) is 0 Å². The van der Waals surface area contributed by atoms with Crippen LogP contribution in [0, 0.1) is 6.92 Å². The van der Waals surface area contributed by atoms with Gasteiger partial charge in [0, 0.05) is 25.6 Å². The van der Waals surface area contributed by atoms with Crippen molar-refractivity contribution < 1.29 is 19.1 Å². The highest BCUT2D eigenvalue weighted by molar-refractivity contribution is 5.85. The lowest BCUT2D eigenvalue weighted by Crippen LogP contribution is -2.33. The number of esters is 1. The van der Waals surface area contributed by atoms with Crippen LogP contribution in [0.15, 0.2) is 84.2 Å². The Bertz CT molecular complexity index is 1110. The van der Waals surface area contributed by atoms with Gasteiger partial charge in [0.25, 0.3) is 0 Å². The van der Waals surface area contributed by atoms with Crippen LogP contribution in [0.4, 0.5) is 4.79 Å². The highest BCUT2D eigenvalue weighted by Crippen LogP contribution is 2.28. The first-order valence-electron chi connectivity index (χ1n) is 12.2. The van der Waals surface area contributed by atoms with E-state index in [1.165, 1.54) is 6.92 Å². The molecule has 2 aromatic carbocycles. The fraction of sp³-hybridized carbons (Fsp3) is 0.310. The molecule has 1 amide bonds. The number of unbranched alkanes of at least 4 members (excludes halogenated alkanes) is 2. The minimum Gasteiger partial charge on any atom is -0.466 e. The molecule has 0 atom stereocenters. The van der Waals surface area contributed by atoms with E-state index in [0.29, 0.717) is 43.9 Å². The van der Waals surface area contributed by atoms with Gasteiger partial charge >= 0.3 is 12.1 Å². The number of nitrogens with two attached hydrogens (primary N) is 1. The highest BCUT2D eigenvalue weighted by Gasteiger charge is 2.25. The van der Waals surface area contributed by atoms with Gasteiger partial charge in [-0.2, -0.15) is 0 Å². The smallest absolute Gasteiger partial charge is 0.414 e. The van der Waals surface area contributed by atoms with Crippen LogP contribution in [-0.4, -0.2) is 36.7 Å². The average molecular weight is 490 g/mol. The summed E-state index contributed by atoms with van der Waals surface area (Å²) in [5.74, 6) is -0.290. The molecule has 0 radical (unpaired) electrons. The van der Waals surface area contributed by atoms with Gasteiger partial charge in [0.15, 0.2) is 0 Å². The maximum atomic E-state index is 13.5. The molecular weight excluding hydrogens is 454 g/mol. The van der Waals surface area contributed by atoms with Gasteiger partial charge in [-0.05, 0) is 49.6 Å². The first-order chi connectivity index (χ1) is 17.5. The van der Waals surface area contributed by atoms with E-state index in [1.54, 1.807) is 4.90 Å². The SMILES string of the molecule is CC(=O)OCCCCCN(C(=O)OCc1ccccc1)/C(=C(\N)C1=CCNC=C1)c1ccc(C)cc1. The van der Waals surface area contributed by atoms with Gasteiger partial charge < -0.3 is 20.5 Å².